The molecule has 0 aliphatic carbocycles. The van der Waals surface area contributed by atoms with Gasteiger partial charge in [-0.1, -0.05) is 24.1 Å². The predicted octanol–water partition coefficient (Wildman–Crippen LogP) is 2.88. The molecule has 5 heteroatoms. The molecule has 1 aliphatic heterocycles. The van der Waals surface area contributed by atoms with Gasteiger partial charge >= 0.3 is 7.12 Å². The molecule has 1 aromatic heterocycles. The molecule has 0 N–H and O–H groups in total. The number of aromatic nitrogens is 1. The molecule has 0 spiro atoms. The Morgan fingerprint density at radius 3 is 2.39 bits per heavy atom. The largest absolute Gasteiger partial charge is 0.487 e. The van der Waals surface area contributed by atoms with E-state index in [4.69, 9.17) is 13.8 Å². The van der Waals surface area contributed by atoms with Crippen molar-refractivity contribution >= 4 is 13.2 Å². The Bertz CT molecular complexity index is 435. The van der Waals surface area contributed by atoms with Crippen molar-refractivity contribution in [1.82, 2.24) is 5.16 Å². The molecule has 1 aliphatic rings. The van der Waals surface area contributed by atoms with E-state index >= 15 is 0 Å². The lowest BCUT2D eigenvalue weighted by atomic mass is 9.89. The highest BCUT2D eigenvalue weighted by atomic mass is 16.7. The van der Waals surface area contributed by atoms with E-state index in [-0.39, 0.29) is 18.3 Å². The van der Waals surface area contributed by atoms with Crippen molar-refractivity contribution in [2.24, 2.45) is 0 Å². The van der Waals surface area contributed by atoms with Crippen LogP contribution in [0, 0.1) is 0 Å². The van der Waals surface area contributed by atoms with E-state index in [1.54, 1.807) is 6.26 Å². The highest BCUT2D eigenvalue weighted by Gasteiger charge is 2.49. The summed E-state index contributed by atoms with van der Waals surface area (Å²) < 4.78 is 16.7. The molecule has 98 valence electrons. The fourth-order valence-corrected chi connectivity index (χ4v) is 1.82. The van der Waals surface area contributed by atoms with Gasteiger partial charge in [0, 0.05) is 5.56 Å². The molecular formula is C13H20BNO3. The minimum Gasteiger partial charge on any atom is -0.400 e. The zero-order chi connectivity index (χ0) is 13.4. The van der Waals surface area contributed by atoms with Crippen molar-refractivity contribution in [2.75, 3.05) is 0 Å². The van der Waals surface area contributed by atoms with Gasteiger partial charge in [0.15, 0.2) is 0 Å². The van der Waals surface area contributed by atoms with Gasteiger partial charge in [-0.2, -0.15) is 0 Å². The topological polar surface area (TPSA) is 44.5 Å². The molecule has 18 heavy (non-hydrogen) atoms. The average Bonchev–Trinajstić information content (AvgIpc) is 2.78. The van der Waals surface area contributed by atoms with Crippen LogP contribution in [-0.4, -0.2) is 23.5 Å². The molecule has 1 saturated heterocycles. The minimum absolute atomic E-state index is 0.301. The van der Waals surface area contributed by atoms with Crippen LogP contribution in [0.4, 0.5) is 0 Å². The standard InChI is InChI=1S/C13H20BNO3/c1-6-11-10(9-16-15-11)7-8-14-17-12(2,3)13(4,5)18-14/h7-9H,6H2,1-5H3/b8-7+. The molecule has 1 aromatic rings. The first-order valence-electron chi connectivity index (χ1n) is 6.33. The number of rotatable bonds is 3. The Labute approximate surface area is 108 Å². The molecule has 2 rings (SSSR count). The quantitative estimate of drug-likeness (QED) is 0.772. The van der Waals surface area contributed by atoms with E-state index in [9.17, 15) is 0 Å². The lowest BCUT2D eigenvalue weighted by Gasteiger charge is -2.32. The zero-order valence-corrected chi connectivity index (χ0v) is 11.7. The monoisotopic (exact) mass is 249 g/mol. The summed E-state index contributed by atoms with van der Waals surface area (Å²) in [6, 6.07) is 0. The molecule has 0 aromatic carbocycles. The summed E-state index contributed by atoms with van der Waals surface area (Å²) >= 11 is 0. The van der Waals surface area contributed by atoms with Gasteiger partial charge in [-0.3, -0.25) is 0 Å². The van der Waals surface area contributed by atoms with Crippen LogP contribution >= 0.6 is 0 Å². The van der Waals surface area contributed by atoms with Crippen LogP contribution in [0.3, 0.4) is 0 Å². The molecule has 0 unspecified atom stereocenters. The van der Waals surface area contributed by atoms with Crippen molar-refractivity contribution < 1.29 is 13.8 Å². The Kier molecular flexibility index (Phi) is 3.38. The summed E-state index contributed by atoms with van der Waals surface area (Å²) in [5.74, 6) is 1.90. The van der Waals surface area contributed by atoms with Gasteiger partial charge in [-0.25, -0.2) is 0 Å². The van der Waals surface area contributed by atoms with Crippen LogP contribution in [-0.2, 0) is 15.7 Å². The predicted molar refractivity (Wildman–Crippen MR) is 71.0 cm³/mol. The van der Waals surface area contributed by atoms with E-state index in [0.29, 0.717) is 0 Å². The van der Waals surface area contributed by atoms with Crippen LogP contribution in [0.25, 0.3) is 6.08 Å². The van der Waals surface area contributed by atoms with Gasteiger partial charge in [0.2, 0.25) is 0 Å². The Balaban J connectivity index is 2.08. The van der Waals surface area contributed by atoms with Crippen LogP contribution in [0.1, 0.15) is 45.9 Å². The summed E-state index contributed by atoms with van der Waals surface area (Å²) in [5.41, 5.74) is 1.32. The molecular weight excluding hydrogens is 229 g/mol. The van der Waals surface area contributed by atoms with Gasteiger partial charge in [0.1, 0.15) is 6.26 Å². The Hall–Kier alpha value is -1.07. The number of hydrogen-bond acceptors (Lipinski definition) is 4. The molecule has 0 atom stereocenters. The highest BCUT2D eigenvalue weighted by molar-refractivity contribution is 6.52. The molecule has 0 saturated carbocycles. The van der Waals surface area contributed by atoms with Crippen molar-refractivity contribution in [3.05, 3.63) is 23.5 Å². The lowest BCUT2D eigenvalue weighted by Crippen LogP contribution is -2.41. The number of nitrogens with zero attached hydrogens (tertiary/aromatic N) is 1. The second-order valence-electron chi connectivity index (χ2n) is 5.55. The van der Waals surface area contributed by atoms with E-state index in [1.807, 2.05) is 46.7 Å². The summed E-state index contributed by atoms with van der Waals surface area (Å²) in [6.07, 6.45) is 4.43. The fraction of sp³-hybridized carbons (Fsp3) is 0.615. The third-order valence-electron chi connectivity index (χ3n) is 3.72. The van der Waals surface area contributed by atoms with E-state index < -0.39 is 0 Å². The van der Waals surface area contributed by atoms with Crippen LogP contribution in [0.2, 0.25) is 0 Å². The maximum absolute atomic E-state index is 5.88. The molecule has 0 radical (unpaired) electrons. The lowest BCUT2D eigenvalue weighted by molar-refractivity contribution is 0.00578. The average molecular weight is 249 g/mol. The Morgan fingerprint density at radius 1 is 1.22 bits per heavy atom. The SMILES string of the molecule is CCc1nocc1/C=C/B1OC(C)(C)C(C)(C)O1. The van der Waals surface area contributed by atoms with Gasteiger partial charge < -0.3 is 13.8 Å². The molecule has 0 bridgehead atoms. The minimum atomic E-state index is -0.324. The first-order chi connectivity index (χ1) is 8.36. The molecule has 4 nitrogen and oxygen atoms in total. The summed E-state index contributed by atoms with van der Waals surface area (Å²) in [4.78, 5) is 0. The smallest absolute Gasteiger partial charge is 0.400 e. The van der Waals surface area contributed by atoms with Crippen LogP contribution in [0.5, 0.6) is 0 Å². The number of aryl methyl sites for hydroxylation is 1. The number of hydrogen-bond donors (Lipinski definition) is 0. The maximum Gasteiger partial charge on any atom is 0.487 e. The van der Waals surface area contributed by atoms with Crippen LogP contribution in [0.15, 0.2) is 16.8 Å². The van der Waals surface area contributed by atoms with Crippen molar-refractivity contribution in [3.63, 3.8) is 0 Å². The first kappa shape index (κ1) is 13.4. The third kappa shape index (κ3) is 2.38. The summed E-state index contributed by atoms with van der Waals surface area (Å²) in [7, 11) is -0.324. The molecule has 2 heterocycles. The molecule has 1 fully saturated rings. The highest BCUT2D eigenvalue weighted by Crippen LogP contribution is 2.37. The Morgan fingerprint density at radius 2 is 1.83 bits per heavy atom. The van der Waals surface area contributed by atoms with E-state index in [1.165, 1.54) is 0 Å². The van der Waals surface area contributed by atoms with Crippen LogP contribution < -0.4 is 0 Å². The van der Waals surface area contributed by atoms with Crippen molar-refractivity contribution in [3.8, 4) is 0 Å². The van der Waals surface area contributed by atoms with Gasteiger partial charge in [0.05, 0.1) is 16.9 Å². The second kappa shape index (κ2) is 4.55. The zero-order valence-electron chi connectivity index (χ0n) is 11.7. The second-order valence-corrected chi connectivity index (χ2v) is 5.55. The van der Waals surface area contributed by atoms with Gasteiger partial charge in [0.25, 0.3) is 0 Å². The maximum atomic E-state index is 5.88. The third-order valence-corrected chi connectivity index (χ3v) is 3.72. The normalized spacial score (nSPS) is 21.9. The summed E-state index contributed by atoms with van der Waals surface area (Å²) in [6.45, 7) is 10.2. The van der Waals surface area contributed by atoms with Gasteiger partial charge in [-0.15, -0.1) is 0 Å². The summed E-state index contributed by atoms with van der Waals surface area (Å²) in [5, 5.41) is 3.93. The molecule has 0 amide bonds. The van der Waals surface area contributed by atoms with Crippen molar-refractivity contribution in [2.45, 2.75) is 52.2 Å². The first-order valence-corrected chi connectivity index (χ1v) is 6.33. The van der Waals surface area contributed by atoms with Crippen molar-refractivity contribution in [1.29, 1.82) is 0 Å². The van der Waals surface area contributed by atoms with E-state index in [0.717, 1.165) is 17.7 Å². The fourth-order valence-electron chi connectivity index (χ4n) is 1.82. The van der Waals surface area contributed by atoms with Gasteiger partial charge in [-0.05, 0) is 34.1 Å². The van der Waals surface area contributed by atoms with E-state index in [2.05, 4.69) is 5.16 Å².